The Morgan fingerprint density at radius 3 is 1.56 bits per heavy atom. The minimum absolute atomic E-state index is 0.0222. The van der Waals surface area contributed by atoms with Gasteiger partial charge in [0, 0.05) is 12.8 Å². The third-order valence-electron chi connectivity index (χ3n) is 9.64. The van der Waals surface area contributed by atoms with E-state index in [-0.39, 0.29) is 12.8 Å². The number of carbonyl (C=O) groups is 2. The van der Waals surface area contributed by atoms with Gasteiger partial charge in [-0.15, -0.1) is 0 Å². The number of hydrogen-bond acceptors (Lipinski definition) is 12. The summed E-state index contributed by atoms with van der Waals surface area (Å²) >= 11 is 0. The van der Waals surface area contributed by atoms with Gasteiger partial charge in [0.15, 0.2) is 6.10 Å². The number of rotatable bonds is 34. The highest BCUT2D eigenvalue weighted by molar-refractivity contribution is 7.47. The van der Waals surface area contributed by atoms with Crippen LogP contribution in [0.4, 0.5) is 0 Å². The number of unbranched alkanes of at least 4 members (excludes halogenated alkanes) is 14. The molecular formula is C43H75O13P. The van der Waals surface area contributed by atoms with Crippen LogP contribution in [0.3, 0.4) is 0 Å². The van der Waals surface area contributed by atoms with Gasteiger partial charge in [-0.05, 0) is 64.2 Å². The highest BCUT2D eigenvalue weighted by Crippen LogP contribution is 2.47. The van der Waals surface area contributed by atoms with E-state index in [1.54, 1.807) is 0 Å². The van der Waals surface area contributed by atoms with Gasteiger partial charge in [-0.2, -0.15) is 0 Å². The van der Waals surface area contributed by atoms with Crippen LogP contribution in [0.1, 0.15) is 155 Å². The summed E-state index contributed by atoms with van der Waals surface area (Å²) in [6.07, 6.45) is 24.7. The van der Waals surface area contributed by atoms with Crippen LogP contribution in [-0.2, 0) is 32.7 Å². The second kappa shape index (κ2) is 33.6. The van der Waals surface area contributed by atoms with Crippen LogP contribution in [0.5, 0.6) is 0 Å². The zero-order valence-electron chi connectivity index (χ0n) is 34.6. The molecule has 1 rings (SSSR count). The Morgan fingerprint density at radius 2 is 0.982 bits per heavy atom. The summed E-state index contributed by atoms with van der Waals surface area (Å²) in [5.41, 5.74) is 0. The largest absolute Gasteiger partial charge is 0.472 e. The number of phosphoric ester groups is 1. The Morgan fingerprint density at radius 1 is 0.544 bits per heavy atom. The van der Waals surface area contributed by atoms with Gasteiger partial charge < -0.3 is 39.9 Å². The van der Waals surface area contributed by atoms with Gasteiger partial charge >= 0.3 is 19.8 Å². The van der Waals surface area contributed by atoms with Gasteiger partial charge in [0.2, 0.25) is 0 Å². The summed E-state index contributed by atoms with van der Waals surface area (Å²) in [5.74, 6) is -1.18. The summed E-state index contributed by atoms with van der Waals surface area (Å²) in [5, 5.41) is 50.0. The molecule has 0 aliphatic heterocycles. The number of esters is 2. The van der Waals surface area contributed by atoms with Crippen molar-refractivity contribution in [2.45, 2.75) is 198 Å². The fourth-order valence-electron chi connectivity index (χ4n) is 6.11. The first-order chi connectivity index (χ1) is 27.4. The molecule has 8 atom stereocenters. The Bertz CT molecular complexity index is 1190. The zero-order chi connectivity index (χ0) is 42.2. The van der Waals surface area contributed by atoms with Gasteiger partial charge in [-0.3, -0.25) is 18.6 Å². The SMILES string of the molecule is CCCC/C=C/CCCCCCCC(=O)OC[C@H](COP(=O)(O)OC1C(O)C(O)C(O)[C@@H](O)C1O)OC(=O)CCC/C=C/C/C=C/C/C=C/CCCCCCCC. The van der Waals surface area contributed by atoms with Crippen molar-refractivity contribution >= 4 is 19.8 Å². The first-order valence-electron chi connectivity index (χ1n) is 21.4. The summed E-state index contributed by atoms with van der Waals surface area (Å²) in [6.45, 7) is 3.18. The lowest BCUT2D eigenvalue weighted by molar-refractivity contribution is -0.220. The van der Waals surface area contributed by atoms with E-state index < -0.39 is 75.7 Å². The summed E-state index contributed by atoms with van der Waals surface area (Å²) in [4.78, 5) is 35.5. The van der Waals surface area contributed by atoms with Crippen LogP contribution in [0.2, 0.25) is 0 Å². The van der Waals surface area contributed by atoms with E-state index in [4.69, 9.17) is 18.5 Å². The predicted molar refractivity (Wildman–Crippen MR) is 221 cm³/mol. The average molecular weight is 831 g/mol. The van der Waals surface area contributed by atoms with Crippen molar-refractivity contribution in [3.63, 3.8) is 0 Å². The highest BCUT2D eigenvalue weighted by Gasteiger charge is 2.51. The molecule has 13 nitrogen and oxygen atoms in total. The summed E-state index contributed by atoms with van der Waals surface area (Å²) in [6, 6.07) is 0. The number of carbonyl (C=O) groups excluding carboxylic acids is 2. The fraction of sp³-hybridized carbons (Fsp3) is 0.767. The second-order valence-electron chi connectivity index (χ2n) is 14.8. The van der Waals surface area contributed by atoms with Crippen molar-refractivity contribution in [1.82, 2.24) is 0 Å². The average Bonchev–Trinajstić information content (AvgIpc) is 3.19. The number of aliphatic hydroxyl groups excluding tert-OH is 5. The Hall–Kier alpha value is -2.19. The lowest BCUT2D eigenvalue weighted by Gasteiger charge is -2.41. The molecule has 0 saturated heterocycles. The molecule has 1 aliphatic rings. The summed E-state index contributed by atoms with van der Waals surface area (Å²) in [7, 11) is -5.13. The molecule has 0 amide bonds. The van der Waals surface area contributed by atoms with Crippen molar-refractivity contribution in [2.75, 3.05) is 13.2 Å². The van der Waals surface area contributed by atoms with Crippen molar-refractivity contribution in [3.05, 3.63) is 48.6 Å². The molecule has 330 valence electrons. The van der Waals surface area contributed by atoms with Crippen LogP contribution < -0.4 is 0 Å². The van der Waals surface area contributed by atoms with Crippen molar-refractivity contribution < 1.29 is 63.1 Å². The first-order valence-corrected chi connectivity index (χ1v) is 22.9. The van der Waals surface area contributed by atoms with E-state index in [2.05, 4.69) is 50.3 Å². The van der Waals surface area contributed by atoms with Crippen LogP contribution >= 0.6 is 7.82 Å². The Labute approximate surface area is 341 Å². The smallest absolute Gasteiger partial charge is 0.462 e. The molecule has 1 fully saturated rings. The molecule has 0 aromatic rings. The van der Waals surface area contributed by atoms with Gasteiger partial charge in [0.05, 0.1) is 6.61 Å². The number of allylic oxidation sites excluding steroid dienone is 8. The second-order valence-corrected chi connectivity index (χ2v) is 16.2. The highest BCUT2D eigenvalue weighted by atomic mass is 31.2. The van der Waals surface area contributed by atoms with Crippen LogP contribution in [0, 0.1) is 0 Å². The van der Waals surface area contributed by atoms with Gasteiger partial charge in [0.25, 0.3) is 0 Å². The van der Waals surface area contributed by atoms with Crippen molar-refractivity contribution in [1.29, 1.82) is 0 Å². The number of hydrogen-bond donors (Lipinski definition) is 6. The Balaban J connectivity index is 2.54. The molecule has 57 heavy (non-hydrogen) atoms. The molecule has 6 unspecified atom stereocenters. The maximum atomic E-state index is 12.8. The molecular weight excluding hydrogens is 755 g/mol. The van der Waals surface area contributed by atoms with Crippen LogP contribution in [0.15, 0.2) is 48.6 Å². The first kappa shape index (κ1) is 52.8. The number of aliphatic hydroxyl groups is 5. The summed E-state index contributed by atoms with van der Waals surface area (Å²) < 4.78 is 33.3. The van der Waals surface area contributed by atoms with Crippen LogP contribution in [-0.4, -0.2) is 98.3 Å². The number of ether oxygens (including phenoxy) is 2. The van der Waals surface area contributed by atoms with E-state index in [9.17, 15) is 44.6 Å². The van der Waals surface area contributed by atoms with Crippen molar-refractivity contribution in [2.24, 2.45) is 0 Å². The van der Waals surface area contributed by atoms with Crippen LogP contribution in [0.25, 0.3) is 0 Å². The zero-order valence-corrected chi connectivity index (χ0v) is 35.5. The molecule has 0 spiro atoms. The molecule has 0 bridgehead atoms. The molecule has 0 aromatic carbocycles. The maximum Gasteiger partial charge on any atom is 0.472 e. The topological polar surface area (TPSA) is 210 Å². The fourth-order valence-corrected chi connectivity index (χ4v) is 7.08. The predicted octanol–water partition coefficient (Wildman–Crippen LogP) is 7.61. The molecule has 14 heteroatoms. The third-order valence-corrected chi connectivity index (χ3v) is 10.6. The van der Waals surface area contributed by atoms with Gasteiger partial charge in [0.1, 0.15) is 43.2 Å². The van der Waals surface area contributed by atoms with E-state index in [1.807, 2.05) is 12.2 Å². The van der Waals surface area contributed by atoms with E-state index in [1.165, 1.54) is 51.4 Å². The monoisotopic (exact) mass is 830 g/mol. The normalized spacial score (nSPS) is 23.2. The molecule has 1 saturated carbocycles. The molecule has 0 radical (unpaired) electrons. The molecule has 6 N–H and O–H groups in total. The lowest BCUT2D eigenvalue weighted by atomic mass is 9.85. The third kappa shape index (κ3) is 26.5. The van der Waals surface area contributed by atoms with Gasteiger partial charge in [-0.1, -0.05) is 127 Å². The number of phosphoric acid groups is 1. The minimum Gasteiger partial charge on any atom is -0.462 e. The maximum absolute atomic E-state index is 12.8. The quantitative estimate of drug-likeness (QED) is 0.0160. The molecule has 0 heterocycles. The Kier molecular flexibility index (Phi) is 31.2. The standard InChI is InChI=1S/C43H75O13P/c1-3-5-7-9-11-13-15-16-17-18-19-20-22-24-26-28-30-32-37(45)55-35(33-53-36(44)31-29-27-25-23-21-14-12-10-8-6-4-2)34-54-57(51,52)56-43-41(49)39(47)38(46)40(48)42(43)50/h10,12,16-17,19-20,24,26,35,38-43,46-50H,3-9,11,13-15,18,21-23,25,27-34H2,1-2H3,(H,51,52)/b12-10+,17-16+,20-19+,26-24+/t35-,38?,39-,40?,41?,42?,43?/m1/s1. The van der Waals surface area contributed by atoms with E-state index in [0.29, 0.717) is 19.3 Å². The van der Waals surface area contributed by atoms with E-state index in [0.717, 1.165) is 57.8 Å². The van der Waals surface area contributed by atoms with E-state index >= 15 is 0 Å². The van der Waals surface area contributed by atoms with Crippen molar-refractivity contribution in [3.8, 4) is 0 Å². The molecule has 0 aromatic heterocycles. The molecule has 1 aliphatic carbocycles. The lowest BCUT2D eigenvalue weighted by Crippen LogP contribution is -2.64. The minimum atomic E-state index is -5.13. The van der Waals surface area contributed by atoms with Gasteiger partial charge in [-0.25, -0.2) is 4.57 Å².